The number of hydrogen-bond donors (Lipinski definition) is 0. The molecule has 5 heteroatoms. The normalized spacial score (nSPS) is 47.5. The Bertz CT molecular complexity index is 610. The SMILES string of the molecule is COC(=O)[C@@H]1C(C#N)N2C[C@H]3CC=CC[C@@]4(C=O)[C@@H]2[C@@H]1CC[C@@H]34. The summed E-state index contributed by atoms with van der Waals surface area (Å²) in [7, 11) is 1.39. The van der Waals surface area contributed by atoms with Crippen LogP contribution in [0.3, 0.4) is 0 Å². The van der Waals surface area contributed by atoms with Crippen LogP contribution in [0, 0.1) is 40.4 Å². The highest BCUT2D eigenvalue weighted by atomic mass is 16.5. The van der Waals surface area contributed by atoms with Crippen LogP contribution in [0.25, 0.3) is 0 Å². The van der Waals surface area contributed by atoms with Crippen molar-refractivity contribution in [2.75, 3.05) is 13.7 Å². The zero-order valence-corrected chi connectivity index (χ0v) is 13.4. The molecule has 2 saturated heterocycles. The van der Waals surface area contributed by atoms with Gasteiger partial charge in [0.25, 0.3) is 0 Å². The molecule has 2 heterocycles. The van der Waals surface area contributed by atoms with E-state index in [1.165, 1.54) is 7.11 Å². The molecule has 1 unspecified atom stereocenters. The highest BCUT2D eigenvalue weighted by Crippen LogP contribution is 2.61. The molecule has 7 atom stereocenters. The standard InChI is InChI=1S/C18H22N2O3/c1-23-17(22)15-12-5-6-13-11-4-2-3-7-18(13,10-21)16(12)20(9-11)14(15)8-19/h2-3,10-16H,4-7,9H2,1H3/t11-,12-,13+,14?,15+,16+,18+/m1/s1. The monoisotopic (exact) mass is 314 g/mol. The molecule has 122 valence electrons. The molecule has 4 bridgehead atoms. The number of hydrogen-bond acceptors (Lipinski definition) is 5. The predicted octanol–water partition coefficient (Wildman–Crippen LogP) is 1.54. The third-order valence-electron chi connectivity index (χ3n) is 6.89. The number of ether oxygens (including phenoxy) is 1. The van der Waals surface area contributed by atoms with Crippen molar-refractivity contribution in [2.45, 2.75) is 37.8 Å². The lowest BCUT2D eigenvalue weighted by molar-refractivity contribution is -0.149. The Kier molecular flexibility index (Phi) is 3.35. The first kappa shape index (κ1) is 14.9. The summed E-state index contributed by atoms with van der Waals surface area (Å²) in [6, 6.07) is 1.90. The van der Waals surface area contributed by atoms with Crippen molar-refractivity contribution in [1.82, 2.24) is 4.90 Å². The van der Waals surface area contributed by atoms with Crippen LogP contribution in [0.1, 0.15) is 25.7 Å². The second-order valence-corrected chi connectivity index (χ2v) is 7.51. The van der Waals surface area contributed by atoms with Crippen molar-refractivity contribution in [2.24, 2.45) is 29.1 Å². The van der Waals surface area contributed by atoms with Gasteiger partial charge in [0.15, 0.2) is 0 Å². The topological polar surface area (TPSA) is 70.4 Å². The fraction of sp³-hybridized carbons (Fsp3) is 0.722. The van der Waals surface area contributed by atoms with E-state index in [1.54, 1.807) is 0 Å². The van der Waals surface area contributed by atoms with Gasteiger partial charge in [-0.3, -0.25) is 9.69 Å². The zero-order valence-electron chi connectivity index (χ0n) is 13.4. The third-order valence-corrected chi connectivity index (χ3v) is 6.89. The highest BCUT2D eigenvalue weighted by Gasteiger charge is 2.67. The van der Waals surface area contributed by atoms with E-state index in [4.69, 9.17) is 4.74 Å². The maximum absolute atomic E-state index is 12.4. The van der Waals surface area contributed by atoms with Gasteiger partial charge in [-0.25, -0.2) is 0 Å². The number of aldehydes is 1. The van der Waals surface area contributed by atoms with Crippen LogP contribution >= 0.6 is 0 Å². The summed E-state index contributed by atoms with van der Waals surface area (Å²) in [4.78, 5) is 26.8. The molecule has 0 aromatic heterocycles. The minimum atomic E-state index is -0.462. The Morgan fingerprint density at radius 1 is 1.43 bits per heavy atom. The molecular formula is C18H22N2O3. The van der Waals surface area contributed by atoms with E-state index in [1.807, 2.05) is 0 Å². The molecule has 2 aliphatic carbocycles. The number of nitrogens with zero attached hydrogens (tertiary/aromatic N) is 2. The van der Waals surface area contributed by atoms with E-state index in [9.17, 15) is 14.9 Å². The molecule has 4 aliphatic rings. The lowest BCUT2D eigenvalue weighted by Crippen LogP contribution is -2.63. The molecule has 3 fully saturated rings. The molecule has 0 amide bonds. The number of piperidine rings is 1. The summed E-state index contributed by atoms with van der Waals surface area (Å²) in [5.41, 5.74) is -0.434. The Morgan fingerprint density at radius 3 is 2.96 bits per heavy atom. The smallest absolute Gasteiger partial charge is 0.311 e. The minimum Gasteiger partial charge on any atom is -0.469 e. The van der Waals surface area contributed by atoms with E-state index < -0.39 is 17.4 Å². The van der Waals surface area contributed by atoms with E-state index in [0.717, 1.165) is 38.5 Å². The molecule has 0 aromatic carbocycles. The van der Waals surface area contributed by atoms with Crippen LogP contribution in [0.15, 0.2) is 12.2 Å². The fourth-order valence-electron chi connectivity index (χ4n) is 6.13. The summed E-state index contributed by atoms with van der Waals surface area (Å²) in [6.45, 7) is 0.817. The summed E-state index contributed by atoms with van der Waals surface area (Å²) in [5.74, 6) is 0.128. The van der Waals surface area contributed by atoms with Crippen molar-refractivity contribution in [3.63, 3.8) is 0 Å². The minimum absolute atomic E-state index is 0.00602. The summed E-state index contributed by atoms with van der Waals surface area (Å²) < 4.78 is 5.01. The third kappa shape index (κ3) is 1.76. The Labute approximate surface area is 136 Å². The maximum Gasteiger partial charge on any atom is 0.311 e. The van der Waals surface area contributed by atoms with Gasteiger partial charge in [0.2, 0.25) is 0 Å². The van der Waals surface area contributed by atoms with Crippen LogP contribution in [-0.4, -0.2) is 42.9 Å². The van der Waals surface area contributed by atoms with Crippen LogP contribution in [0.5, 0.6) is 0 Å². The molecule has 2 aliphatic heterocycles. The number of allylic oxidation sites excluding steroid dienone is 2. The number of esters is 1. The second-order valence-electron chi connectivity index (χ2n) is 7.51. The first-order valence-corrected chi connectivity index (χ1v) is 8.52. The van der Waals surface area contributed by atoms with Crippen molar-refractivity contribution < 1.29 is 14.3 Å². The molecule has 5 nitrogen and oxygen atoms in total. The summed E-state index contributed by atoms with van der Waals surface area (Å²) >= 11 is 0. The van der Waals surface area contributed by atoms with Gasteiger partial charge in [0.1, 0.15) is 12.3 Å². The molecule has 0 N–H and O–H groups in total. The van der Waals surface area contributed by atoms with Gasteiger partial charge in [0.05, 0.1) is 19.1 Å². The molecule has 0 radical (unpaired) electrons. The summed E-state index contributed by atoms with van der Waals surface area (Å²) in [6.07, 6.45) is 9.08. The van der Waals surface area contributed by atoms with Crippen molar-refractivity contribution in [3.8, 4) is 6.07 Å². The molecule has 0 aromatic rings. The number of nitriles is 1. The highest BCUT2D eigenvalue weighted by molar-refractivity contribution is 5.76. The molecule has 23 heavy (non-hydrogen) atoms. The molecule has 4 rings (SSSR count). The Morgan fingerprint density at radius 2 is 2.26 bits per heavy atom. The van der Waals surface area contributed by atoms with Gasteiger partial charge >= 0.3 is 5.97 Å². The Balaban J connectivity index is 1.85. The summed E-state index contributed by atoms with van der Waals surface area (Å²) in [5, 5.41) is 9.73. The molecular weight excluding hydrogens is 292 g/mol. The Hall–Kier alpha value is -1.67. The van der Waals surface area contributed by atoms with Crippen LogP contribution in [0.4, 0.5) is 0 Å². The molecule has 1 saturated carbocycles. The predicted molar refractivity (Wildman–Crippen MR) is 82.0 cm³/mol. The van der Waals surface area contributed by atoms with Crippen molar-refractivity contribution >= 4 is 12.3 Å². The first-order valence-electron chi connectivity index (χ1n) is 8.52. The van der Waals surface area contributed by atoms with Gasteiger partial charge in [-0.2, -0.15) is 5.26 Å². The quantitative estimate of drug-likeness (QED) is 0.439. The number of carbonyl (C=O) groups is 2. The number of methoxy groups -OCH3 is 1. The van der Waals surface area contributed by atoms with Crippen molar-refractivity contribution in [3.05, 3.63) is 12.2 Å². The van der Waals surface area contributed by atoms with E-state index in [0.29, 0.717) is 11.8 Å². The average molecular weight is 314 g/mol. The van der Waals surface area contributed by atoms with Crippen LogP contribution in [-0.2, 0) is 14.3 Å². The van der Waals surface area contributed by atoms with Crippen LogP contribution < -0.4 is 0 Å². The van der Waals surface area contributed by atoms with Gasteiger partial charge in [-0.05, 0) is 43.4 Å². The van der Waals surface area contributed by atoms with Gasteiger partial charge in [-0.1, -0.05) is 12.2 Å². The first-order chi connectivity index (χ1) is 11.2. The van der Waals surface area contributed by atoms with E-state index >= 15 is 0 Å². The van der Waals surface area contributed by atoms with Gasteiger partial charge in [-0.15, -0.1) is 0 Å². The number of rotatable bonds is 2. The number of carbonyl (C=O) groups excluding carboxylic acids is 2. The van der Waals surface area contributed by atoms with E-state index in [2.05, 4.69) is 23.1 Å². The van der Waals surface area contributed by atoms with Crippen LogP contribution in [0.2, 0.25) is 0 Å². The fourth-order valence-corrected chi connectivity index (χ4v) is 6.13. The largest absolute Gasteiger partial charge is 0.469 e. The van der Waals surface area contributed by atoms with Gasteiger partial charge < -0.3 is 9.53 Å². The lowest BCUT2D eigenvalue weighted by atomic mass is 9.53. The average Bonchev–Trinajstić information content (AvgIpc) is 2.86. The van der Waals surface area contributed by atoms with Crippen molar-refractivity contribution in [1.29, 1.82) is 5.26 Å². The zero-order chi connectivity index (χ0) is 16.2. The molecule has 0 spiro atoms. The van der Waals surface area contributed by atoms with Gasteiger partial charge in [0, 0.05) is 18.0 Å². The maximum atomic E-state index is 12.4. The second kappa shape index (κ2) is 5.17. The van der Waals surface area contributed by atoms with E-state index in [-0.39, 0.29) is 17.9 Å². The lowest BCUT2D eigenvalue weighted by Gasteiger charge is -2.57.